The molecule has 0 spiro atoms. The molecule has 62 valence electrons. The summed E-state index contributed by atoms with van der Waals surface area (Å²) in [4.78, 5) is 3.91. The molecule has 0 atom stereocenters. The van der Waals surface area contributed by atoms with Crippen LogP contribution in [0.1, 0.15) is 12.7 Å². The van der Waals surface area contributed by atoms with Gasteiger partial charge in [-0.3, -0.25) is 5.10 Å². The number of hydrogen-bond donors (Lipinski definition) is 2. The van der Waals surface area contributed by atoms with Gasteiger partial charge in [0.25, 0.3) is 0 Å². The highest BCUT2D eigenvalue weighted by Crippen LogP contribution is 1.93. The zero-order valence-corrected chi connectivity index (χ0v) is 6.50. The second-order valence-electron chi connectivity index (χ2n) is 2.09. The molecular weight excluding hydrogens is 144 g/mol. The fourth-order valence-corrected chi connectivity index (χ4v) is 0.735. The minimum Gasteiger partial charge on any atom is -0.381 e. The zero-order chi connectivity index (χ0) is 8.10. The molecule has 0 saturated carbocycles. The Labute approximate surface area is 65.0 Å². The summed E-state index contributed by atoms with van der Waals surface area (Å²) >= 11 is 0. The second-order valence-corrected chi connectivity index (χ2v) is 2.09. The summed E-state index contributed by atoms with van der Waals surface area (Å²) in [6, 6.07) is 0. The van der Waals surface area contributed by atoms with Crippen molar-refractivity contribution in [3.05, 3.63) is 5.82 Å². The van der Waals surface area contributed by atoms with Gasteiger partial charge in [0, 0.05) is 13.0 Å². The third-order valence-corrected chi connectivity index (χ3v) is 1.24. The van der Waals surface area contributed by atoms with Crippen LogP contribution in [-0.2, 0) is 11.2 Å². The lowest BCUT2D eigenvalue weighted by molar-refractivity contribution is 0.149. The van der Waals surface area contributed by atoms with E-state index in [1.54, 1.807) is 0 Å². The Morgan fingerprint density at radius 1 is 1.64 bits per heavy atom. The molecule has 0 bridgehead atoms. The monoisotopic (exact) mass is 156 g/mol. The van der Waals surface area contributed by atoms with E-state index in [0.717, 1.165) is 18.9 Å². The van der Waals surface area contributed by atoms with Crippen molar-refractivity contribution in [3.8, 4) is 0 Å². The Balaban J connectivity index is 2.27. The predicted octanol–water partition coefficient (Wildman–Crippen LogP) is -0.0341. The average Bonchev–Trinajstić information content (AvgIpc) is 2.37. The van der Waals surface area contributed by atoms with Crippen molar-refractivity contribution < 1.29 is 4.74 Å². The van der Waals surface area contributed by atoms with Gasteiger partial charge in [0.05, 0.1) is 6.61 Å². The Bertz CT molecular complexity index is 210. The molecule has 1 aromatic heterocycles. The van der Waals surface area contributed by atoms with Crippen LogP contribution in [0.25, 0.3) is 0 Å². The lowest BCUT2D eigenvalue weighted by atomic mass is 10.4. The van der Waals surface area contributed by atoms with Crippen LogP contribution in [0, 0.1) is 0 Å². The summed E-state index contributed by atoms with van der Waals surface area (Å²) < 4.78 is 5.12. The quantitative estimate of drug-likeness (QED) is 0.600. The smallest absolute Gasteiger partial charge is 0.239 e. The molecule has 0 fully saturated rings. The van der Waals surface area contributed by atoms with E-state index in [-0.39, 0.29) is 5.95 Å². The summed E-state index contributed by atoms with van der Waals surface area (Å²) in [6.45, 7) is 3.34. The largest absolute Gasteiger partial charge is 0.381 e. The maximum absolute atomic E-state index is 5.29. The molecular formula is C6H12N4O. The van der Waals surface area contributed by atoms with E-state index in [9.17, 15) is 0 Å². The first-order valence-corrected chi connectivity index (χ1v) is 3.57. The third-order valence-electron chi connectivity index (χ3n) is 1.24. The van der Waals surface area contributed by atoms with E-state index >= 15 is 0 Å². The lowest BCUT2D eigenvalue weighted by Gasteiger charge is -1.95. The average molecular weight is 156 g/mol. The molecule has 11 heavy (non-hydrogen) atoms. The minimum absolute atomic E-state index is 0.288. The highest BCUT2D eigenvalue weighted by atomic mass is 16.5. The van der Waals surface area contributed by atoms with Gasteiger partial charge in [0.2, 0.25) is 5.95 Å². The van der Waals surface area contributed by atoms with E-state index in [1.807, 2.05) is 6.92 Å². The molecule has 0 unspecified atom stereocenters. The zero-order valence-electron chi connectivity index (χ0n) is 6.50. The lowest BCUT2D eigenvalue weighted by Crippen LogP contribution is -1.99. The van der Waals surface area contributed by atoms with Crippen LogP contribution in [-0.4, -0.2) is 28.4 Å². The van der Waals surface area contributed by atoms with E-state index in [1.165, 1.54) is 0 Å². The van der Waals surface area contributed by atoms with Gasteiger partial charge in [0.15, 0.2) is 0 Å². The Morgan fingerprint density at radius 2 is 2.45 bits per heavy atom. The first kappa shape index (κ1) is 8.00. The summed E-state index contributed by atoms with van der Waals surface area (Å²) in [6.07, 6.45) is 0.734. The molecule has 5 heteroatoms. The van der Waals surface area contributed by atoms with Gasteiger partial charge in [-0.25, -0.2) is 0 Å². The number of hydrogen-bond acceptors (Lipinski definition) is 4. The first-order valence-electron chi connectivity index (χ1n) is 3.57. The predicted molar refractivity (Wildman–Crippen MR) is 41.0 cm³/mol. The molecule has 0 aliphatic carbocycles. The molecule has 0 aliphatic rings. The number of aromatic amines is 1. The van der Waals surface area contributed by atoms with Crippen LogP contribution >= 0.6 is 0 Å². The molecule has 1 heterocycles. The summed E-state index contributed by atoms with van der Waals surface area (Å²) in [7, 11) is 0. The Morgan fingerprint density at radius 3 is 3.00 bits per heavy atom. The summed E-state index contributed by atoms with van der Waals surface area (Å²) in [5, 5.41) is 6.38. The second kappa shape index (κ2) is 3.92. The number of rotatable bonds is 4. The van der Waals surface area contributed by atoms with Gasteiger partial charge in [0.1, 0.15) is 5.82 Å². The maximum Gasteiger partial charge on any atom is 0.239 e. The van der Waals surface area contributed by atoms with E-state index in [2.05, 4.69) is 15.2 Å². The number of anilines is 1. The number of nitrogens with two attached hydrogens (primary N) is 1. The third kappa shape index (κ3) is 2.55. The number of ether oxygens (including phenoxy) is 1. The number of nitrogens with one attached hydrogen (secondary N) is 1. The van der Waals surface area contributed by atoms with Crippen molar-refractivity contribution >= 4 is 5.95 Å². The number of nitrogen functional groups attached to an aromatic ring is 1. The van der Waals surface area contributed by atoms with Gasteiger partial charge in [-0.1, -0.05) is 0 Å². The fraction of sp³-hybridized carbons (Fsp3) is 0.667. The Hall–Kier alpha value is -1.10. The normalized spacial score (nSPS) is 10.3. The fourth-order valence-electron chi connectivity index (χ4n) is 0.735. The van der Waals surface area contributed by atoms with Gasteiger partial charge in [-0.15, -0.1) is 5.10 Å². The van der Waals surface area contributed by atoms with Crippen LogP contribution in [0.5, 0.6) is 0 Å². The molecule has 0 aromatic carbocycles. The van der Waals surface area contributed by atoms with Crippen LogP contribution in [0.15, 0.2) is 0 Å². The van der Waals surface area contributed by atoms with Crippen molar-refractivity contribution in [2.24, 2.45) is 0 Å². The molecule has 0 aliphatic heterocycles. The molecule has 0 saturated heterocycles. The van der Waals surface area contributed by atoms with Crippen molar-refractivity contribution in [2.75, 3.05) is 18.9 Å². The molecule has 0 radical (unpaired) electrons. The van der Waals surface area contributed by atoms with E-state index < -0.39 is 0 Å². The van der Waals surface area contributed by atoms with Crippen LogP contribution < -0.4 is 5.73 Å². The highest BCUT2D eigenvalue weighted by molar-refractivity contribution is 5.12. The molecule has 3 N–H and O–H groups in total. The molecule has 5 nitrogen and oxygen atoms in total. The van der Waals surface area contributed by atoms with Crippen LogP contribution in [0.4, 0.5) is 5.95 Å². The number of H-pyrrole nitrogens is 1. The summed E-state index contributed by atoms with van der Waals surface area (Å²) in [5.41, 5.74) is 5.29. The first-order chi connectivity index (χ1) is 5.33. The molecule has 1 rings (SSSR count). The van der Waals surface area contributed by atoms with Crippen molar-refractivity contribution in [1.82, 2.24) is 15.2 Å². The van der Waals surface area contributed by atoms with Gasteiger partial charge in [-0.2, -0.15) is 4.98 Å². The minimum atomic E-state index is 0.288. The molecule has 0 amide bonds. The van der Waals surface area contributed by atoms with E-state index in [4.69, 9.17) is 10.5 Å². The Kier molecular flexibility index (Phi) is 2.85. The van der Waals surface area contributed by atoms with Gasteiger partial charge in [-0.05, 0) is 6.92 Å². The van der Waals surface area contributed by atoms with E-state index in [0.29, 0.717) is 6.61 Å². The van der Waals surface area contributed by atoms with Crippen molar-refractivity contribution in [2.45, 2.75) is 13.3 Å². The maximum atomic E-state index is 5.29. The van der Waals surface area contributed by atoms with Crippen LogP contribution in [0.2, 0.25) is 0 Å². The van der Waals surface area contributed by atoms with Crippen LogP contribution in [0.3, 0.4) is 0 Å². The standard InChI is InChI=1S/C6H12N4O/c1-2-11-4-3-5-8-6(7)10-9-5/h2-4H2,1H3,(H3,7,8,9,10). The van der Waals surface area contributed by atoms with Gasteiger partial charge >= 0.3 is 0 Å². The van der Waals surface area contributed by atoms with Crippen molar-refractivity contribution in [1.29, 1.82) is 0 Å². The topological polar surface area (TPSA) is 76.8 Å². The van der Waals surface area contributed by atoms with Crippen molar-refractivity contribution in [3.63, 3.8) is 0 Å². The van der Waals surface area contributed by atoms with Gasteiger partial charge < -0.3 is 10.5 Å². The molecule has 1 aromatic rings. The number of nitrogens with zero attached hydrogens (tertiary/aromatic N) is 2. The SMILES string of the molecule is CCOCCc1nc(N)n[nH]1. The number of aromatic nitrogens is 3. The summed E-state index contributed by atoms with van der Waals surface area (Å²) in [5.74, 6) is 1.06. The highest BCUT2D eigenvalue weighted by Gasteiger charge is 1.97.